The molecule has 0 fully saturated rings. The van der Waals surface area contributed by atoms with Crippen LogP contribution in [0.1, 0.15) is 16.1 Å². The van der Waals surface area contributed by atoms with Crippen LogP contribution in [0.3, 0.4) is 0 Å². The Labute approximate surface area is 96.4 Å². The van der Waals surface area contributed by atoms with Gasteiger partial charge >= 0.3 is 5.97 Å². The minimum absolute atomic E-state index is 0.0244. The van der Waals surface area contributed by atoms with Crippen molar-refractivity contribution in [2.45, 2.75) is 6.92 Å². The average molecular weight is 238 g/mol. The zero-order chi connectivity index (χ0) is 11.7. The van der Waals surface area contributed by atoms with Crippen LogP contribution in [0.5, 0.6) is 0 Å². The molecule has 1 heterocycles. The molecule has 0 bridgehead atoms. The van der Waals surface area contributed by atoms with Crippen molar-refractivity contribution < 1.29 is 14.4 Å². The summed E-state index contributed by atoms with van der Waals surface area (Å²) in [5, 5.41) is 12.2. The number of aromatic nitrogens is 1. The molecule has 0 aliphatic rings. The highest BCUT2D eigenvalue weighted by molar-refractivity contribution is 6.35. The van der Waals surface area contributed by atoms with E-state index < -0.39 is 5.97 Å². The second kappa shape index (κ2) is 3.98. The normalized spacial score (nSPS) is 10.4. The van der Waals surface area contributed by atoms with Crippen LogP contribution in [0.25, 0.3) is 11.3 Å². The number of carbonyl (C=O) groups is 1. The summed E-state index contributed by atoms with van der Waals surface area (Å²) in [6, 6.07) is 7.37. The topological polar surface area (TPSA) is 63.3 Å². The lowest BCUT2D eigenvalue weighted by molar-refractivity contribution is 0.0686. The van der Waals surface area contributed by atoms with Gasteiger partial charge in [0.1, 0.15) is 5.02 Å². The predicted molar refractivity (Wildman–Crippen MR) is 58.6 cm³/mol. The SMILES string of the molecule is Cc1ccc(-c2onc(C(=O)O)c2Cl)cc1. The monoisotopic (exact) mass is 237 g/mol. The van der Waals surface area contributed by atoms with Gasteiger partial charge in [0.05, 0.1) is 0 Å². The number of aryl methyl sites for hydroxylation is 1. The van der Waals surface area contributed by atoms with Crippen molar-refractivity contribution in [3.63, 3.8) is 0 Å². The van der Waals surface area contributed by atoms with E-state index in [0.717, 1.165) is 5.56 Å². The molecule has 0 spiro atoms. The summed E-state index contributed by atoms with van der Waals surface area (Å²) in [4.78, 5) is 10.7. The molecular formula is C11H8ClNO3. The van der Waals surface area contributed by atoms with Gasteiger partial charge in [-0.1, -0.05) is 46.6 Å². The number of rotatable bonds is 2. The third-order valence-corrected chi connectivity index (χ3v) is 2.50. The number of hydrogen-bond acceptors (Lipinski definition) is 3. The highest BCUT2D eigenvalue weighted by Crippen LogP contribution is 2.30. The summed E-state index contributed by atoms with van der Waals surface area (Å²) >= 11 is 5.86. The van der Waals surface area contributed by atoms with Crippen molar-refractivity contribution in [1.29, 1.82) is 0 Å². The van der Waals surface area contributed by atoms with Gasteiger partial charge < -0.3 is 9.63 Å². The first-order chi connectivity index (χ1) is 7.59. The molecular weight excluding hydrogens is 230 g/mol. The number of aromatic carboxylic acids is 1. The van der Waals surface area contributed by atoms with Crippen LogP contribution in [-0.4, -0.2) is 16.2 Å². The summed E-state index contributed by atoms with van der Waals surface area (Å²) in [5.41, 5.74) is 1.53. The molecule has 5 heteroatoms. The summed E-state index contributed by atoms with van der Waals surface area (Å²) in [6.45, 7) is 1.95. The standard InChI is InChI=1S/C11H8ClNO3/c1-6-2-4-7(5-3-6)10-8(12)9(11(14)15)13-16-10/h2-5H,1H3,(H,14,15). The second-order valence-electron chi connectivity index (χ2n) is 3.35. The van der Waals surface area contributed by atoms with Crippen molar-refractivity contribution in [2.24, 2.45) is 0 Å². The number of hydrogen-bond donors (Lipinski definition) is 1. The van der Waals surface area contributed by atoms with Crippen molar-refractivity contribution >= 4 is 17.6 Å². The fraction of sp³-hybridized carbons (Fsp3) is 0.0909. The Morgan fingerprint density at radius 2 is 2.00 bits per heavy atom. The van der Waals surface area contributed by atoms with Gasteiger partial charge in [0.15, 0.2) is 5.76 Å². The lowest BCUT2D eigenvalue weighted by Crippen LogP contribution is -1.96. The molecule has 0 atom stereocenters. The van der Waals surface area contributed by atoms with E-state index in [0.29, 0.717) is 5.56 Å². The summed E-state index contributed by atoms with van der Waals surface area (Å²) in [6.07, 6.45) is 0. The molecule has 4 nitrogen and oxygen atoms in total. The van der Waals surface area contributed by atoms with Gasteiger partial charge in [-0.25, -0.2) is 4.79 Å². The van der Waals surface area contributed by atoms with E-state index in [1.54, 1.807) is 12.1 Å². The fourth-order valence-electron chi connectivity index (χ4n) is 1.30. The second-order valence-corrected chi connectivity index (χ2v) is 3.72. The minimum atomic E-state index is -1.20. The van der Waals surface area contributed by atoms with E-state index in [1.807, 2.05) is 19.1 Å². The molecule has 0 saturated heterocycles. The first kappa shape index (κ1) is 10.7. The molecule has 1 aromatic carbocycles. The quantitative estimate of drug-likeness (QED) is 0.872. The van der Waals surface area contributed by atoms with E-state index in [2.05, 4.69) is 5.16 Å². The lowest BCUT2D eigenvalue weighted by Gasteiger charge is -1.96. The van der Waals surface area contributed by atoms with Gasteiger partial charge in [-0.05, 0) is 6.92 Å². The average Bonchev–Trinajstić information content (AvgIpc) is 2.61. The maximum Gasteiger partial charge on any atom is 0.359 e. The molecule has 0 aliphatic carbocycles. The molecule has 0 radical (unpaired) electrons. The maximum absolute atomic E-state index is 10.7. The van der Waals surface area contributed by atoms with Crippen LogP contribution in [0.4, 0.5) is 0 Å². The van der Waals surface area contributed by atoms with Crippen molar-refractivity contribution in [1.82, 2.24) is 5.16 Å². The predicted octanol–water partition coefficient (Wildman–Crippen LogP) is 3.00. The molecule has 1 aromatic heterocycles. The van der Waals surface area contributed by atoms with Crippen LogP contribution < -0.4 is 0 Å². The largest absolute Gasteiger partial charge is 0.476 e. The summed E-state index contributed by atoms with van der Waals surface area (Å²) in [7, 11) is 0. The van der Waals surface area contributed by atoms with Gasteiger partial charge in [0.25, 0.3) is 0 Å². The number of carboxylic acid groups (broad SMARTS) is 1. The Hall–Kier alpha value is -1.81. The molecule has 1 N–H and O–H groups in total. The van der Waals surface area contributed by atoms with Gasteiger partial charge in [0, 0.05) is 5.56 Å². The molecule has 0 saturated carbocycles. The summed E-state index contributed by atoms with van der Waals surface area (Å²) in [5.74, 6) is -0.925. The molecule has 0 aliphatic heterocycles. The van der Waals surface area contributed by atoms with E-state index >= 15 is 0 Å². The zero-order valence-corrected chi connectivity index (χ0v) is 9.15. The third kappa shape index (κ3) is 1.79. The van der Waals surface area contributed by atoms with Crippen molar-refractivity contribution in [3.05, 3.63) is 40.5 Å². The minimum Gasteiger partial charge on any atom is -0.476 e. The third-order valence-electron chi connectivity index (χ3n) is 2.15. The van der Waals surface area contributed by atoms with Crippen LogP contribution in [0.15, 0.2) is 28.8 Å². The molecule has 0 amide bonds. The molecule has 16 heavy (non-hydrogen) atoms. The molecule has 0 unspecified atom stereocenters. The number of benzene rings is 1. The van der Waals surface area contributed by atoms with Gasteiger partial charge in [-0.15, -0.1) is 0 Å². The number of carboxylic acids is 1. The maximum atomic E-state index is 10.7. The van der Waals surface area contributed by atoms with Crippen LogP contribution in [0.2, 0.25) is 5.02 Å². The molecule has 2 aromatic rings. The van der Waals surface area contributed by atoms with Crippen LogP contribution >= 0.6 is 11.6 Å². The Bertz CT molecular complexity index is 531. The van der Waals surface area contributed by atoms with Crippen LogP contribution in [0, 0.1) is 6.92 Å². The van der Waals surface area contributed by atoms with E-state index in [1.165, 1.54) is 0 Å². The molecule has 82 valence electrons. The van der Waals surface area contributed by atoms with Crippen LogP contribution in [-0.2, 0) is 0 Å². The smallest absolute Gasteiger partial charge is 0.359 e. The van der Waals surface area contributed by atoms with Crippen molar-refractivity contribution in [3.8, 4) is 11.3 Å². The Morgan fingerprint density at radius 1 is 1.38 bits per heavy atom. The van der Waals surface area contributed by atoms with E-state index in [4.69, 9.17) is 21.2 Å². The van der Waals surface area contributed by atoms with Gasteiger partial charge in [-0.2, -0.15) is 0 Å². The number of nitrogens with zero attached hydrogens (tertiary/aromatic N) is 1. The first-order valence-corrected chi connectivity index (χ1v) is 4.93. The first-order valence-electron chi connectivity index (χ1n) is 4.55. The highest BCUT2D eigenvalue weighted by Gasteiger charge is 2.20. The zero-order valence-electron chi connectivity index (χ0n) is 8.40. The van der Waals surface area contributed by atoms with E-state index in [9.17, 15) is 4.79 Å². The number of halogens is 1. The fourth-order valence-corrected chi connectivity index (χ4v) is 1.56. The summed E-state index contributed by atoms with van der Waals surface area (Å²) < 4.78 is 4.92. The van der Waals surface area contributed by atoms with Gasteiger partial charge in [0.2, 0.25) is 5.69 Å². The molecule has 2 rings (SSSR count). The van der Waals surface area contributed by atoms with Crippen molar-refractivity contribution in [2.75, 3.05) is 0 Å². The van der Waals surface area contributed by atoms with E-state index in [-0.39, 0.29) is 16.5 Å². The lowest BCUT2D eigenvalue weighted by atomic mass is 10.1. The Balaban J connectivity index is 2.49. The Morgan fingerprint density at radius 3 is 2.50 bits per heavy atom. The Kier molecular flexibility index (Phi) is 2.66. The van der Waals surface area contributed by atoms with Gasteiger partial charge in [-0.3, -0.25) is 0 Å². The highest BCUT2D eigenvalue weighted by atomic mass is 35.5.